The molecule has 0 aromatic carbocycles. The van der Waals surface area contributed by atoms with E-state index in [2.05, 4.69) is 27.1 Å². The molecule has 0 atom stereocenters. The van der Waals surface area contributed by atoms with Gasteiger partial charge in [0.1, 0.15) is 0 Å². The first kappa shape index (κ1) is 8.59. The minimum Gasteiger partial charge on any atom is -0.400 e. The Hall–Kier alpha value is -0.410. The number of pyridine rings is 1. The molecule has 1 rings (SSSR count). The van der Waals surface area contributed by atoms with Gasteiger partial charge in [-0.25, -0.2) is 0 Å². The molecule has 0 amide bonds. The summed E-state index contributed by atoms with van der Waals surface area (Å²) in [5.74, 6) is 0. The van der Waals surface area contributed by atoms with Gasteiger partial charge < -0.3 is 5.11 Å². The van der Waals surface area contributed by atoms with Crippen LogP contribution >= 0.6 is 15.9 Å². The Morgan fingerprint density at radius 2 is 2.33 bits per heavy atom. The van der Waals surface area contributed by atoms with Crippen LogP contribution in [0.3, 0.4) is 0 Å². The Labute approximate surface area is 62.7 Å². The lowest BCUT2D eigenvalue weighted by Gasteiger charge is -1.79. The molecule has 0 aliphatic carbocycles. The number of hydrogen-bond acceptors (Lipinski definition) is 2. The standard InChI is InChI=1S/C5H3BrN.CH4O/c6-5-1-3-7-4-2-5;1-2/h1-3H;2H,1H3. The molecular formula is C6H7BrNO. The zero-order valence-corrected chi connectivity index (χ0v) is 6.59. The molecule has 0 aliphatic rings. The van der Waals surface area contributed by atoms with Gasteiger partial charge in [-0.15, -0.1) is 0 Å². The molecular weight excluding hydrogens is 182 g/mol. The Bertz CT molecular complexity index is 143. The molecule has 9 heavy (non-hydrogen) atoms. The van der Waals surface area contributed by atoms with Crippen LogP contribution in [-0.2, 0) is 0 Å². The molecule has 3 heteroatoms. The van der Waals surface area contributed by atoms with Gasteiger partial charge in [-0.2, -0.15) is 0 Å². The molecule has 0 unspecified atom stereocenters. The molecule has 1 N–H and O–H groups in total. The van der Waals surface area contributed by atoms with Gasteiger partial charge in [0.15, 0.2) is 0 Å². The van der Waals surface area contributed by atoms with Crippen LogP contribution < -0.4 is 0 Å². The van der Waals surface area contributed by atoms with Gasteiger partial charge in [0.25, 0.3) is 0 Å². The van der Waals surface area contributed by atoms with Gasteiger partial charge in [0.05, 0.1) is 6.20 Å². The van der Waals surface area contributed by atoms with Crippen molar-refractivity contribution in [3.63, 3.8) is 0 Å². The van der Waals surface area contributed by atoms with Crippen molar-refractivity contribution in [3.8, 4) is 0 Å². The zero-order chi connectivity index (χ0) is 7.11. The van der Waals surface area contributed by atoms with Crippen molar-refractivity contribution in [2.75, 3.05) is 7.11 Å². The lowest BCUT2D eigenvalue weighted by molar-refractivity contribution is 0.399. The van der Waals surface area contributed by atoms with Gasteiger partial charge >= 0.3 is 0 Å². The van der Waals surface area contributed by atoms with Crippen LogP contribution in [0.25, 0.3) is 0 Å². The number of aliphatic hydroxyl groups excluding tert-OH is 1. The van der Waals surface area contributed by atoms with E-state index in [-0.39, 0.29) is 0 Å². The summed E-state index contributed by atoms with van der Waals surface area (Å²) in [6.45, 7) is 0. The predicted molar refractivity (Wildman–Crippen MR) is 38.9 cm³/mol. The third-order valence-electron chi connectivity index (χ3n) is 0.585. The number of halogens is 1. The van der Waals surface area contributed by atoms with Gasteiger partial charge in [-0.1, -0.05) is 15.9 Å². The molecule has 1 aromatic heterocycles. The van der Waals surface area contributed by atoms with Gasteiger partial charge in [0, 0.05) is 17.8 Å². The summed E-state index contributed by atoms with van der Waals surface area (Å²) in [5, 5.41) is 7.00. The van der Waals surface area contributed by atoms with Crippen molar-refractivity contribution in [2.24, 2.45) is 0 Å². The fraction of sp³-hybridized carbons (Fsp3) is 0.167. The molecule has 0 saturated heterocycles. The minimum absolute atomic E-state index is 1.00. The first-order valence-electron chi connectivity index (χ1n) is 2.32. The highest BCUT2D eigenvalue weighted by Crippen LogP contribution is 2.03. The maximum atomic E-state index is 7.00. The number of hydrogen-bond donors (Lipinski definition) is 1. The third kappa shape index (κ3) is 4.12. The van der Waals surface area contributed by atoms with Crippen molar-refractivity contribution < 1.29 is 5.11 Å². The topological polar surface area (TPSA) is 33.1 Å². The minimum atomic E-state index is 1.00. The average Bonchev–Trinajstić information content (AvgIpc) is 1.94. The third-order valence-corrected chi connectivity index (χ3v) is 1.08. The molecule has 0 fully saturated rings. The summed E-state index contributed by atoms with van der Waals surface area (Å²) in [6, 6.07) is 3.62. The average molecular weight is 189 g/mol. The van der Waals surface area contributed by atoms with Crippen LogP contribution in [0.15, 0.2) is 22.8 Å². The number of rotatable bonds is 0. The first-order chi connectivity index (χ1) is 4.39. The zero-order valence-electron chi connectivity index (χ0n) is 5.00. The van der Waals surface area contributed by atoms with E-state index in [4.69, 9.17) is 5.11 Å². The van der Waals surface area contributed by atoms with E-state index >= 15 is 0 Å². The molecule has 49 valence electrons. The molecule has 1 heterocycles. The molecule has 0 bridgehead atoms. The second kappa shape index (κ2) is 5.72. The van der Waals surface area contributed by atoms with E-state index in [1.165, 1.54) is 0 Å². The molecule has 2 nitrogen and oxygen atoms in total. The molecule has 1 radical (unpaired) electrons. The summed E-state index contributed by atoms with van der Waals surface area (Å²) in [4.78, 5) is 3.69. The molecule has 0 aliphatic heterocycles. The van der Waals surface area contributed by atoms with Gasteiger partial charge in [0.2, 0.25) is 0 Å². The monoisotopic (exact) mass is 188 g/mol. The Kier molecular flexibility index (Phi) is 5.46. The summed E-state index contributed by atoms with van der Waals surface area (Å²) in [7, 11) is 1.00. The highest BCUT2D eigenvalue weighted by Gasteiger charge is 1.76. The van der Waals surface area contributed by atoms with Crippen LogP contribution in [0.4, 0.5) is 0 Å². The highest BCUT2D eigenvalue weighted by molar-refractivity contribution is 9.10. The summed E-state index contributed by atoms with van der Waals surface area (Å²) in [6.07, 6.45) is 4.35. The van der Waals surface area contributed by atoms with E-state index in [0.29, 0.717) is 0 Å². The quantitative estimate of drug-likeness (QED) is 0.666. The van der Waals surface area contributed by atoms with Gasteiger partial charge in [-0.3, -0.25) is 4.98 Å². The van der Waals surface area contributed by atoms with E-state index in [1.807, 2.05) is 6.07 Å². The lowest BCUT2D eigenvalue weighted by atomic mass is 10.5. The lowest BCUT2D eigenvalue weighted by Crippen LogP contribution is -1.65. The van der Waals surface area contributed by atoms with Crippen molar-refractivity contribution in [2.45, 2.75) is 0 Å². The summed E-state index contributed by atoms with van der Waals surface area (Å²) in [5.41, 5.74) is 0. The largest absolute Gasteiger partial charge is 0.400 e. The fourth-order valence-electron chi connectivity index (χ4n) is 0.299. The second-order valence-corrected chi connectivity index (χ2v) is 2.02. The number of aromatic nitrogens is 1. The smallest absolute Gasteiger partial charge is 0.0897 e. The van der Waals surface area contributed by atoms with Crippen LogP contribution in [0.2, 0.25) is 0 Å². The van der Waals surface area contributed by atoms with E-state index < -0.39 is 0 Å². The van der Waals surface area contributed by atoms with Crippen molar-refractivity contribution in [1.82, 2.24) is 4.98 Å². The van der Waals surface area contributed by atoms with E-state index in [9.17, 15) is 0 Å². The van der Waals surface area contributed by atoms with Gasteiger partial charge in [-0.05, 0) is 12.1 Å². The van der Waals surface area contributed by atoms with Crippen molar-refractivity contribution in [3.05, 3.63) is 29.0 Å². The molecule has 1 aromatic rings. The Balaban J connectivity index is 0.000000291. The number of aliphatic hydroxyl groups is 1. The maximum absolute atomic E-state index is 7.00. The maximum Gasteiger partial charge on any atom is 0.0897 e. The van der Waals surface area contributed by atoms with E-state index in [0.717, 1.165) is 11.6 Å². The molecule has 0 spiro atoms. The normalized spacial score (nSPS) is 7.44. The van der Waals surface area contributed by atoms with Crippen LogP contribution in [0, 0.1) is 6.20 Å². The van der Waals surface area contributed by atoms with Crippen molar-refractivity contribution >= 4 is 15.9 Å². The van der Waals surface area contributed by atoms with E-state index in [1.54, 1.807) is 12.3 Å². The number of nitrogens with zero attached hydrogens (tertiary/aromatic N) is 1. The van der Waals surface area contributed by atoms with Crippen LogP contribution in [0.5, 0.6) is 0 Å². The van der Waals surface area contributed by atoms with Crippen molar-refractivity contribution in [1.29, 1.82) is 0 Å². The first-order valence-corrected chi connectivity index (χ1v) is 3.11. The fourth-order valence-corrected chi connectivity index (χ4v) is 0.519. The Morgan fingerprint density at radius 1 is 1.67 bits per heavy atom. The second-order valence-electron chi connectivity index (χ2n) is 1.10. The predicted octanol–water partition coefficient (Wildman–Crippen LogP) is 1.25. The summed E-state index contributed by atoms with van der Waals surface area (Å²) < 4.78 is 1.02. The summed E-state index contributed by atoms with van der Waals surface area (Å²) >= 11 is 3.24. The Morgan fingerprint density at radius 3 is 2.56 bits per heavy atom. The highest BCUT2D eigenvalue weighted by atomic mass is 79.9. The van der Waals surface area contributed by atoms with Crippen LogP contribution in [-0.4, -0.2) is 17.2 Å². The molecule has 0 saturated carbocycles. The SMILES string of the molecule is Brc1c[c]ncc1.CO. The van der Waals surface area contributed by atoms with Crippen LogP contribution in [0.1, 0.15) is 0 Å².